The van der Waals surface area contributed by atoms with Crippen LogP contribution in [0.15, 0.2) is 0 Å². The summed E-state index contributed by atoms with van der Waals surface area (Å²) in [6, 6.07) is 0. The minimum atomic E-state index is -0.0410. The van der Waals surface area contributed by atoms with Crippen LogP contribution in [0.3, 0.4) is 0 Å². The number of hydrogen-bond acceptors (Lipinski definition) is 3. The van der Waals surface area contributed by atoms with Gasteiger partial charge >= 0.3 is 0 Å². The summed E-state index contributed by atoms with van der Waals surface area (Å²) >= 11 is 0. The molecule has 0 radical (unpaired) electrons. The lowest BCUT2D eigenvalue weighted by Gasteiger charge is -2.45. The Balaban J connectivity index is 2.31. The first-order valence-electron chi connectivity index (χ1n) is 3.59. The third-order valence-electron chi connectivity index (χ3n) is 2.40. The summed E-state index contributed by atoms with van der Waals surface area (Å²) in [5, 5.41) is 12.0. The maximum atomic E-state index is 8.93. The van der Waals surface area contributed by atoms with Gasteiger partial charge in [0.25, 0.3) is 0 Å². The molecular formula is C7H15NO2. The van der Waals surface area contributed by atoms with E-state index in [2.05, 4.69) is 5.32 Å². The summed E-state index contributed by atoms with van der Waals surface area (Å²) < 4.78 is 5.09. The van der Waals surface area contributed by atoms with Crippen LogP contribution in [0.2, 0.25) is 0 Å². The smallest absolute Gasteiger partial charge is 0.0615 e. The number of likely N-dealkylation sites (N-methyl/N-ethyl adjacent to an activating group) is 1. The van der Waals surface area contributed by atoms with Crippen LogP contribution in [0.25, 0.3) is 0 Å². The molecule has 0 aliphatic heterocycles. The zero-order chi connectivity index (χ0) is 7.61. The Labute approximate surface area is 61.4 Å². The maximum Gasteiger partial charge on any atom is 0.0615 e. The van der Waals surface area contributed by atoms with Gasteiger partial charge in [0, 0.05) is 12.6 Å². The summed E-state index contributed by atoms with van der Waals surface area (Å²) in [6.45, 7) is 0.212. The molecule has 1 aliphatic carbocycles. The Morgan fingerprint density at radius 3 is 2.60 bits per heavy atom. The first-order chi connectivity index (χ1) is 4.76. The molecule has 0 unspecified atom stereocenters. The van der Waals surface area contributed by atoms with Crippen molar-refractivity contribution < 1.29 is 9.84 Å². The third-order valence-corrected chi connectivity index (χ3v) is 2.40. The number of aliphatic hydroxyl groups excluding tert-OH is 1. The van der Waals surface area contributed by atoms with Gasteiger partial charge in [0.15, 0.2) is 0 Å². The number of rotatable bonds is 3. The molecule has 0 aromatic carbocycles. The Bertz CT molecular complexity index is 104. The summed E-state index contributed by atoms with van der Waals surface area (Å²) in [7, 11) is 3.59. The van der Waals surface area contributed by atoms with Crippen LogP contribution in [0.4, 0.5) is 0 Å². The van der Waals surface area contributed by atoms with Crippen molar-refractivity contribution in [2.45, 2.75) is 24.5 Å². The van der Waals surface area contributed by atoms with E-state index in [-0.39, 0.29) is 12.1 Å². The van der Waals surface area contributed by atoms with E-state index in [1.807, 2.05) is 7.05 Å². The van der Waals surface area contributed by atoms with Gasteiger partial charge in [-0.2, -0.15) is 0 Å². The largest absolute Gasteiger partial charge is 0.394 e. The lowest BCUT2D eigenvalue weighted by atomic mass is 9.75. The Morgan fingerprint density at radius 1 is 1.70 bits per heavy atom. The molecular weight excluding hydrogens is 130 g/mol. The van der Waals surface area contributed by atoms with Gasteiger partial charge in [-0.25, -0.2) is 0 Å². The van der Waals surface area contributed by atoms with Crippen LogP contribution in [0, 0.1) is 0 Å². The normalized spacial score (nSPS) is 39.3. The van der Waals surface area contributed by atoms with Gasteiger partial charge in [0.05, 0.1) is 12.7 Å². The number of hydrogen-bond donors (Lipinski definition) is 2. The van der Waals surface area contributed by atoms with Crippen LogP contribution in [0.1, 0.15) is 12.8 Å². The molecule has 2 N–H and O–H groups in total. The van der Waals surface area contributed by atoms with Crippen LogP contribution < -0.4 is 5.32 Å². The highest BCUT2D eigenvalue weighted by atomic mass is 16.5. The van der Waals surface area contributed by atoms with Crippen LogP contribution in [-0.4, -0.2) is 37.5 Å². The molecule has 0 amide bonds. The first kappa shape index (κ1) is 7.98. The van der Waals surface area contributed by atoms with Crippen LogP contribution in [-0.2, 0) is 4.74 Å². The molecule has 10 heavy (non-hydrogen) atoms. The van der Waals surface area contributed by atoms with Gasteiger partial charge < -0.3 is 15.2 Å². The predicted molar refractivity (Wildman–Crippen MR) is 38.9 cm³/mol. The van der Waals surface area contributed by atoms with E-state index in [0.717, 1.165) is 12.8 Å². The second kappa shape index (κ2) is 2.86. The zero-order valence-electron chi connectivity index (χ0n) is 6.55. The number of aliphatic hydroxyl groups is 1. The van der Waals surface area contributed by atoms with Gasteiger partial charge in [-0.15, -0.1) is 0 Å². The van der Waals surface area contributed by atoms with Crippen molar-refractivity contribution in [2.24, 2.45) is 0 Å². The summed E-state index contributed by atoms with van der Waals surface area (Å²) in [6.07, 6.45) is 2.20. The van der Waals surface area contributed by atoms with Crippen LogP contribution in [0.5, 0.6) is 0 Å². The van der Waals surface area contributed by atoms with Crippen molar-refractivity contribution in [2.75, 3.05) is 20.8 Å². The van der Waals surface area contributed by atoms with Crippen LogP contribution >= 0.6 is 0 Å². The third kappa shape index (κ3) is 1.17. The highest BCUT2D eigenvalue weighted by Gasteiger charge is 2.42. The fourth-order valence-corrected chi connectivity index (χ4v) is 1.39. The summed E-state index contributed by atoms with van der Waals surface area (Å²) in [5.74, 6) is 0. The van der Waals surface area contributed by atoms with E-state index in [1.165, 1.54) is 0 Å². The quantitative estimate of drug-likeness (QED) is 0.575. The monoisotopic (exact) mass is 145 g/mol. The molecule has 1 fully saturated rings. The molecule has 0 aromatic rings. The average Bonchev–Trinajstić information content (AvgIpc) is 1.89. The Morgan fingerprint density at radius 2 is 2.30 bits per heavy atom. The zero-order valence-corrected chi connectivity index (χ0v) is 6.55. The standard InChI is InChI=1S/C7H15NO2/c1-8-7(5-9)3-6(4-7)10-2/h6,8-9H,3-5H2,1-2H3. The second-order valence-corrected chi connectivity index (χ2v) is 2.95. The molecule has 3 nitrogen and oxygen atoms in total. The van der Waals surface area contributed by atoms with Gasteiger partial charge in [0.2, 0.25) is 0 Å². The predicted octanol–water partition coefficient (Wildman–Crippen LogP) is -0.254. The minimum Gasteiger partial charge on any atom is -0.394 e. The summed E-state index contributed by atoms with van der Waals surface area (Å²) in [4.78, 5) is 0. The second-order valence-electron chi connectivity index (χ2n) is 2.95. The lowest BCUT2D eigenvalue weighted by molar-refractivity contribution is -0.0491. The highest BCUT2D eigenvalue weighted by molar-refractivity contribution is 5.00. The molecule has 0 heterocycles. The molecule has 0 saturated heterocycles. The highest BCUT2D eigenvalue weighted by Crippen LogP contribution is 2.33. The molecule has 1 aliphatic rings. The van der Waals surface area contributed by atoms with E-state index >= 15 is 0 Å². The molecule has 3 heteroatoms. The topological polar surface area (TPSA) is 41.5 Å². The van der Waals surface area contributed by atoms with Gasteiger partial charge in [-0.05, 0) is 19.9 Å². The number of nitrogens with one attached hydrogen (secondary N) is 1. The number of methoxy groups -OCH3 is 1. The van der Waals surface area contributed by atoms with E-state index in [0.29, 0.717) is 6.10 Å². The SMILES string of the molecule is CNC1(CO)CC(OC)C1. The van der Waals surface area contributed by atoms with Gasteiger partial charge in [0.1, 0.15) is 0 Å². The lowest BCUT2D eigenvalue weighted by Crippen LogP contribution is -2.59. The van der Waals surface area contributed by atoms with Gasteiger partial charge in [-0.1, -0.05) is 0 Å². The first-order valence-corrected chi connectivity index (χ1v) is 3.59. The minimum absolute atomic E-state index is 0.0410. The van der Waals surface area contributed by atoms with Crippen molar-refractivity contribution in [1.29, 1.82) is 0 Å². The van der Waals surface area contributed by atoms with Crippen molar-refractivity contribution in [1.82, 2.24) is 5.32 Å². The fourth-order valence-electron chi connectivity index (χ4n) is 1.39. The number of ether oxygens (including phenoxy) is 1. The van der Waals surface area contributed by atoms with Crippen molar-refractivity contribution in [3.05, 3.63) is 0 Å². The van der Waals surface area contributed by atoms with E-state index in [4.69, 9.17) is 9.84 Å². The Kier molecular flexibility index (Phi) is 2.28. The van der Waals surface area contributed by atoms with Crippen molar-refractivity contribution in [3.63, 3.8) is 0 Å². The average molecular weight is 145 g/mol. The molecule has 1 saturated carbocycles. The molecule has 0 bridgehead atoms. The molecule has 1 rings (SSSR count). The van der Waals surface area contributed by atoms with Gasteiger partial charge in [-0.3, -0.25) is 0 Å². The van der Waals surface area contributed by atoms with E-state index < -0.39 is 0 Å². The van der Waals surface area contributed by atoms with E-state index in [1.54, 1.807) is 7.11 Å². The van der Waals surface area contributed by atoms with Crippen molar-refractivity contribution >= 4 is 0 Å². The molecule has 60 valence electrons. The molecule has 0 atom stereocenters. The Hall–Kier alpha value is -0.120. The fraction of sp³-hybridized carbons (Fsp3) is 1.00. The molecule has 0 aromatic heterocycles. The molecule has 0 spiro atoms. The summed E-state index contributed by atoms with van der Waals surface area (Å²) in [5.41, 5.74) is -0.0410. The van der Waals surface area contributed by atoms with E-state index in [9.17, 15) is 0 Å². The van der Waals surface area contributed by atoms with Crippen molar-refractivity contribution in [3.8, 4) is 0 Å². The maximum absolute atomic E-state index is 8.93.